The Hall–Kier alpha value is -1.88. The molecule has 0 atom stereocenters. The van der Waals surface area contributed by atoms with E-state index in [9.17, 15) is 4.79 Å². The molecule has 0 radical (unpaired) electrons. The first-order valence-corrected chi connectivity index (χ1v) is 7.86. The van der Waals surface area contributed by atoms with Gasteiger partial charge in [0.15, 0.2) is 0 Å². The normalized spacial score (nSPS) is 11.1. The molecule has 1 aromatic carbocycles. The third kappa shape index (κ3) is 4.56. The maximum atomic E-state index is 12.0. The minimum absolute atomic E-state index is 0.122. The summed E-state index contributed by atoms with van der Waals surface area (Å²) in [5.74, 6) is 0.569. The number of hydrogen-bond donors (Lipinski definition) is 2. The summed E-state index contributed by atoms with van der Waals surface area (Å²) >= 11 is 3.52. The lowest BCUT2D eigenvalue weighted by Crippen LogP contribution is -2.40. The van der Waals surface area contributed by atoms with Crippen molar-refractivity contribution in [2.24, 2.45) is 0 Å². The maximum Gasteiger partial charge on any atom is 0.253 e. The van der Waals surface area contributed by atoms with Gasteiger partial charge in [0.2, 0.25) is 0 Å². The van der Waals surface area contributed by atoms with Crippen LogP contribution in [0.3, 0.4) is 0 Å². The van der Waals surface area contributed by atoms with Crippen LogP contribution in [0.25, 0.3) is 0 Å². The molecule has 2 N–H and O–H groups in total. The van der Waals surface area contributed by atoms with Crippen molar-refractivity contribution in [1.29, 1.82) is 0 Å². The minimum atomic E-state index is -0.263. The molecule has 2 aromatic rings. The lowest BCUT2D eigenvalue weighted by atomic mass is 10.1. The van der Waals surface area contributed by atoms with Gasteiger partial charge in [0.1, 0.15) is 5.82 Å². The molecule has 5 heteroatoms. The monoisotopic (exact) mass is 361 g/mol. The van der Waals surface area contributed by atoms with Crippen molar-refractivity contribution >= 4 is 33.3 Å². The first-order valence-electron chi connectivity index (χ1n) is 7.06. The Morgan fingerprint density at radius 3 is 2.45 bits per heavy atom. The largest absolute Gasteiger partial charge is 0.347 e. The average molecular weight is 362 g/mol. The van der Waals surface area contributed by atoms with Gasteiger partial charge in [-0.25, -0.2) is 4.98 Å². The topological polar surface area (TPSA) is 54.0 Å². The van der Waals surface area contributed by atoms with Crippen molar-refractivity contribution in [2.45, 2.75) is 33.2 Å². The van der Waals surface area contributed by atoms with E-state index in [0.29, 0.717) is 11.4 Å². The number of halogens is 1. The fourth-order valence-corrected chi connectivity index (χ4v) is 2.47. The zero-order valence-corrected chi connectivity index (χ0v) is 14.8. The van der Waals surface area contributed by atoms with Gasteiger partial charge in [0, 0.05) is 16.2 Å². The SMILES string of the molecule is Cc1ccc(Nc2ccc(C(=O)NC(C)(C)C)cn2)c(Br)c1. The van der Waals surface area contributed by atoms with E-state index in [-0.39, 0.29) is 11.4 Å². The molecule has 0 fully saturated rings. The molecule has 0 aliphatic rings. The summed E-state index contributed by atoms with van der Waals surface area (Å²) in [6.45, 7) is 7.88. The van der Waals surface area contributed by atoms with Gasteiger partial charge in [-0.1, -0.05) is 6.07 Å². The van der Waals surface area contributed by atoms with Crippen LogP contribution in [-0.4, -0.2) is 16.4 Å². The molecule has 4 nitrogen and oxygen atoms in total. The van der Waals surface area contributed by atoms with E-state index in [0.717, 1.165) is 10.2 Å². The van der Waals surface area contributed by atoms with Crippen LogP contribution in [0, 0.1) is 6.92 Å². The van der Waals surface area contributed by atoms with Crippen LogP contribution in [0.4, 0.5) is 11.5 Å². The number of pyridine rings is 1. The molecule has 22 heavy (non-hydrogen) atoms. The number of amides is 1. The average Bonchev–Trinajstić information content (AvgIpc) is 2.41. The zero-order chi connectivity index (χ0) is 16.3. The van der Waals surface area contributed by atoms with Crippen molar-refractivity contribution in [2.75, 3.05) is 5.32 Å². The fourth-order valence-electron chi connectivity index (χ4n) is 1.87. The molecule has 0 aliphatic heterocycles. The number of rotatable bonds is 3. The number of carbonyl (C=O) groups is 1. The Labute approximate surface area is 139 Å². The summed E-state index contributed by atoms with van der Waals surface area (Å²) in [5.41, 5.74) is 2.40. The number of hydrogen-bond acceptors (Lipinski definition) is 3. The van der Waals surface area contributed by atoms with E-state index in [1.807, 2.05) is 45.9 Å². The summed E-state index contributed by atoms with van der Waals surface area (Å²) < 4.78 is 0.976. The standard InChI is InChI=1S/C17H20BrN3O/c1-11-5-7-14(13(18)9-11)20-15-8-6-12(10-19-15)16(22)21-17(2,3)4/h5-10H,1-4H3,(H,19,20)(H,21,22). The number of nitrogens with zero attached hydrogens (tertiary/aromatic N) is 1. The van der Waals surface area contributed by atoms with Crippen molar-refractivity contribution in [3.05, 3.63) is 52.1 Å². The second-order valence-corrected chi connectivity index (χ2v) is 7.10. The van der Waals surface area contributed by atoms with E-state index in [1.165, 1.54) is 5.56 Å². The summed E-state index contributed by atoms with van der Waals surface area (Å²) in [5, 5.41) is 6.14. The lowest BCUT2D eigenvalue weighted by molar-refractivity contribution is 0.0919. The molecule has 0 unspecified atom stereocenters. The number of anilines is 2. The summed E-state index contributed by atoms with van der Waals surface area (Å²) in [6, 6.07) is 9.61. The second kappa shape index (κ2) is 6.48. The smallest absolute Gasteiger partial charge is 0.253 e. The van der Waals surface area contributed by atoms with E-state index >= 15 is 0 Å². The third-order valence-electron chi connectivity index (χ3n) is 2.90. The first kappa shape index (κ1) is 16.5. The van der Waals surface area contributed by atoms with Gasteiger partial charge >= 0.3 is 0 Å². The molecule has 1 amide bonds. The number of nitrogens with one attached hydrogen (secondary N) is 2. The van der Waals surface area contributed by atoms with E-state index in [2.05, 4.69) is 31.5 Å². The molecular weight excluding hydrogens is 342 g/mol. The summed E-state index contributed by atoms with van der Waals surface area (Å²) in [7, 11) is 0. The highest BCUT2D eigenvalue weighted by Crippen LogP contribution is 2.26. The van der Waals surface area contributed by atoms with Gasteiger partial charge in [0.25, 0.3) is 5.91 Å². The van der Waals surface area contributed by atoms with E-state index in [4.69, 9.17) is 0 Å². The molecule has 116 valence electrons. The predicted octanol–water partition coefficient (Wildman–Crippen LogP) is 4.42. The Morgan fingerprint density at radius 1 is 1.18 bits per heavy atom. The zero-order valence-electron chi connectivity index (χ0n) is 13.2. The third-order valence-corrected chi connectivity index (χ3v) is 3.56. The van der Waals surface area contributed by atoms with Gasteiger partial charge < -0.3 is 10.6 Å². The lowest BCUT2D eigenvalue weighted by Gasteiger charge is -2.20. The predicted molar refractivity (Wildman–Crippen MR) is 93.6 cm³/mol. The number of aromatic nitrogens is 1. The van der Waals surface area contributed by atoms with Crippen LogP contribution < -0.4 is 10.6 Å². The Morgan fingerprint density at radius 2 is 1.91 bits per heavy atom. The Kier molecular flexibility index (Phi) is 4.86. The van der Waals surface area contributed by atoms with Crippen LogP contribution >= 0.6 is 15.9 Å². The Bertz CT molecular complexity index is 675. The van der Waals surface area contributed by atoms with Crippen molar-refractivity contribution in [3.63, 3.8) is 0 Å². The number of aryl methyl sites for hydroxylation is 1. The van der Waals surface area contributed by atoms with Crippen molar-refractivity contribution < 1.29 is 4.79 Å². The fraction of sp³-hybridized carbons (Fsp3) is 0.294. The molecule has 1 aromatic heterocycles. The van der Waals surface area contributed by atoms with E-state index in [1.54, 1.807) is 18.3 Å². The number of carbonyl (C=O) groups excluding carboxylic acids is 1. The molecular formula is C17H20BrN3O. The minimum Gasteiger partial charge on any atom is -0.347 e. The van der Waals surface area contributed by atoms with Crippen LogP contribution in [0.15, 0.2) is 41.0 Å². The molecule has 1 heterocycles. The molecule has 2 rings (SSSR count). The first-order chi connectivity index (χ1) is 10.2. The second-order valence-electron chi connectivity index (χ2n) is 6.24. The van der Waals surface area contributed by atoms with Crippen LogP contribution in [-0.2, 0) is 0 Å². The molecule has 0 saturated carbocycles. The highest BCUT2D eigenvalue weighted by Gasteiger charge is 2.15. The van der Waals surface area contributed by atoms with Gasteiger partial charge in [0.05, 0.1) is 11.3 Å². The highest BCUT2D eigenvalue weighted by molar-refractivity contribution is 9.10. The summed E-state index contributed by atoms with van der Waals surface area (Å²) in [4.78, 5) is 16.3. The number of benzene rings is 1. The quantitative estimate of drug-likeness (QED) is 0.850. The van der Waals surface area contributed by atoms with Crippen LogP contribution in [0.5, 0.6) is 0 Å². The summed E-state index contributed by atoms with van der Waals surface area (Å²) in [6.07, 6.45) is 1.57. The Balaban J connectivity index is 2.10. The molecule has 0 bridgehead atoms. The maximum absolute atomic E-state index is 12.0. The van der Waals surface area contributed by atoms with Crippen LogP contribution in [0.2, 0.25) is 0 Å². The van der Waals surface area contributed by atoms with Gasteiger partial charge in [-0.2, -0.15) is 0 Å². The van der Waals surface area contributed by atoms with Gasteiger partial charge in [-0.3, -0.25) is 4.79 Å². The molecule has 0 aliphatic carbocycles. The van der Waals surface area contributed by atoms with Crippen molar-refractivity contribution in [1.82, 2.24) is 10.3 Å². The molecule has 0 spiro atoms. The van der Waals surface area contributed by atoms with E-state index < -0.39 is 0 Å². The molecule has 0 saturated heterocycles. The highest BCUT2D eigenvalue weighted by atomic mass is 79.9. The van der Waals surface area contributed by atoms with Gasteiger partial charge in [-0.15, -0.1) is 0 Å². The van der Waals surface area contributed by atoms with Crippen molar-refractivity contribution in [3.8, 4) is 0 Å². The van der Waals surface area contributed by atoms with Crippen LogP contribution in [0.1, 0.15) is 36.7 Å². The van der Waals surface area contributed by atoms with Gasteiger partial charge in [-0.05, 0) is 73.5 Å².